The Morgan fingerprint density at radius 3 is 2.85 bits per heavy atom. The lowest BCUT2D eigenvalue weighted by Gasteiger charge is -2.23. The molecule has 4 rings (SSSR count). The number of likely N-dealkylation sites (tertiary alicyclic amines) is 1. The summed E-state index contributed by atoms with van der Waals surface area (Å²) in [7, 11) is 1.59. The molecule has 0 bridgehead atoms. The number of para-hydroxylation sites is 2. The molecule has 0 aliphatic carbocycles. The van der Waals surface area contributed by atoms with E-state index in [4.69, 9.17) is 4.74 Å². The van der Waals surface area contributed by atoms with Crippen LogP contribution in [0.4, 0.5) is 0 Å². The molecule has 0 saturated carbocycles. The van der Waals surface area contributed by atoms with Crippen LogP contribution in [-0.4, -0.2) is 39.4 Å². The zero-order valence-electron chi connectivity index (χ0n) is 14.6. The standard InChI is InChI=1S/C19H20N4O2S/c1-25-18-15(21-13-5-2-3-6-14(13)22-18)8-9-17(24)23-11-4-7-16(23)19-20-10-12-26-19/h2-3,5-6,10,12,16H,4,7-9,11H2,1H3. The number of hydrogen-bond donors (Lipinski definition) is 0. The fourth-order valence-electron chi connectivity index (χ4n) is 3.44. The zero-order chi connectivity index (χ0) is 17.9. The average molecular weight is 368 g/mol. The van der Waals surface area contributed by atoms with Crippen molar-refractivity contribution in [2.45, 2.75) is 31.7 Å². The van der Waals surface area contributed by atoms with E-state index in [0.29, 0.717) is 18.7 Å². The minimum absolute atomic E-state index is 0.118. The summed E-state index contributed by atoms with van der Waals surface area (Å²) in [6.45, 7) is 0.795. The average Bonchev–Trinajstić information content (AvgIpc) is 3.36. The fourth-order valence-corrected chi connectivity index (χ4v) is 4.22. The molecule has 1 fully saturated rings. The second kappa shape index (κ2) is 7.37. The van der Waals surface area contributed by atoms with E-state index in [0.717, 1.165) is 41.1 Å². The maximum atomic E-state index is 12.8. The number of aromatic nitrogens is 3. The third-order valence-corrected chi connectivity index (χ3v) is 5.56. The van der Waals surface area contributed by atoms with E-state index in [1.54, 1.807) is 24.6 Å². The lowest BCUT2D eigenvalue weighted by Crippen LogP contribution is -2.30. The summed E-state index contributed by atoms with van der Waals surface area (Å²) >= 11 is 1.62. The number of methoxy groups -OCH3 is 1. The third kappa shape index (κ3) is 3.26. The highest BCUT2D eigenvalue weighted by Crippen LogP contribution is 2.33. The Labute approximate surface area is 155 Å². The van der Waals surface area contributed by atoms with Crippen LogP contribution in [0.5, 0.6) is 5.88 Å². The molecule has 0 spiro atoms. The number of thiazole rings is 1. The molecule has 26 heavy (non-hydrogen) atoms. The first-order valence-corrected chi connectivity index (χ1v) is 9.62. The van der Waals surface area contributed by atoms with Crippen molar-refractivity contribution in [3.8, 4) is 5.88 Å². The molecule has 1 amide bonds. The molecule has 134 valence electrons. The van der Waals surface area contributed by atoms with Crippen LogP contribution in [0.25, 0.3) is 11.0 Å². The summed E-state index contributed by atoms with van der Waals surface area (Å²) in [5, 5.41) is 2.99. The largest absolute Gasteiger partial charge is 0.480 e. The van der Waals surface area contributed by atoms with Crippen molar-refractivity contribution in [3.05, 3.63) is 46.5 Å². The van der Waals surface area contributed by atoms with E-state index in [1.807, 2.05) is 34.5 Å². The maximum absolute atomic E-state index is 12.8. The van der Waals surface area contributed by atoms with Crippen LogP contribution in [-0.2, 0) is 11.2 Å². The number of carbonyl (C=O) groups excluding carboxylic acids is 1. The second-order valence-electron chi connectivity index (χ2n) is 6.28. The summed E-state index contributed by atoms with van der Waals surface area (Å²) < 4.78 is 5.38. The van der Waals surface area contributed by atoms with Crippen molar-refractivity contribution in [1.29, 1.82) is 0 Å². The van der Waals surface area contributed by atoms with Crippen LogP contribution in [0.15, 0.2) is 35.8 Å². The Bertz CT molecular complexity index is 913. The molecule has 1 saturated heterocycles. The van der Waals surface area contributed by atoms with E-state index in [2.05, 4.69) is 15.0 Å². The molecule has 1 atom stereocenters. The van der Waals surface area contributed by atoms with Crippen molar-refractivity contribution in [1.82, 2.24) is 19.9 Å². The van der Waals surface area contributed by atoms with Gasteiger partial charge in [-0.25, -0.2) is 15.0 Å². The van der Waals surface area contributed by atoms with E-state index >= 15 is 0 Å². The number of hydrogen-bond acceptors (Lipinski definition) is 6. The third-order valence-electron chi connectivity index (χ3n) is 4.68. The van der Waals surface area contributed by atoms with Crippen LogP contribution in [0.1, 0.15) is 36.0 Å². The molecule has 3 aromatic rings. The van der Waals surface area contributed by atoms with Crippen molar-refractivity contribution >= 4 is 28.3 Å². The van der Waals surface area contributed by atoms with Gasteiger partial charge in [-0.05, 0) is 25.0 Å². The summed E-state index contributed by atoms with van der Waals surface area (Å²) in [5.41, 5.74) is 2.34. The first kappa shape index (κ1) is 16.9. The number of nitrogens with zero attached hydrogens (tertiary/aromatic N) is 4. The number of benzene rings is 1. The first-order valence-electron chi connectivity index (χ1n) is 8.75. The summed E-state index contributed by atoms with van der Waals surface area (Å²) in [4.78, 5) is 28.3. The fraction of sp³-hybridized carbons (Fsp3) is 0.368. The number of aryl methyl sites for hydroxylation is 1. The lowest BCUT2D eigenvalue weighted by molar-refractivity contribution is -0.132. The molecule has 1 aliphatic heterocycles. The van der Waals surface area contributed by atoms with Crippen LogP contribution in [0.3, 0.4) is 0 Å². The van der Waals surface area contributed by atoms with Gasteiger partial charge in [-0.3, -0.25) is 4.79 Å². The molecule has 3 heterocycles. The van der Waals surface area contributed by atoms with Gasteiger partial charge in [0, 0.05) is 31.0 Å². The van der Waals surface area contributed by atoms with Crippen molar-refractivity contribution in [2.24, 2.45) is 0 Å². The van der Waals surface area contributed by atoms with Gasteiger partial charge in [0.1, 0.15) is 10.7 Å². The SMILES string of the molecule is COc1nc2ccccc2nc1CCC(=O)N1CCCC1c1nccs1. The normalized spacial score (nSPS) is 17.0. The second-order valence-corrected chi connectivity index (χ2v) is 7.21. The molecule has 2 aromatic heterocycles. The number of amides is 1. The number of carbonyl (C=O) groups is 1. The van der Waals surface area contributed by atoms with Crippen LogP contribution >= 0.6 is 11.3 Å². The van der Waals surface area contributed by atoms with Gasteiger partial charge >= 0.3 is 0 Å². The highest BCUT2D eigenvalue weighted by Gasteiger charge is 2.31. The smallest absolute Gasteiger partial charge is 0.235 e. The molecule has 6 nitrogen and oxygen atoms in total. The minimum Gasteiger partial charge on any atom is -0.480 e. The predicted octanol–water partition coefficient (Wildman–Crippen LogP) is 3.39. The topological polar surface area (TPSA) is 68.2 Å². The highest BCUT2D eigenvalue weighted by molar-refractivity contribution is 7.09. The van der Waals surface area contributed by atoms with Gasteiger partial charge in [-0.1, -0.05) is 12.1 Å². The van der Waals surface area contributed by atoms with Gasteiger partial charge in [0.25, 0.3) is 0 Å². The quantitative estimate of drug-likeness (QED) is 0.690. The maximum Gasteiger partial charge on any atom is 0.235 e. The van der Waals surface area contributed by atoms with E-state index < -0.39 is 0 Å². The zero-order valence-corrected chi connectivity index (χ0v) is 15.4. The molecule has 0 radical (unpaired) electrons. The van der Waals surface area contributed by atoms with E-state index in [9.17, 15) is 4.79 Å². The first-order chi connectivity index (χ1) is 12.8. The molecule has 0 N–H and O–H groups in total. The van der Waals surface area contributed by atoms with Gasteiger partial charge in [0.2, 0.25) is 11.8 Å². The molecular weight excluding hydrogens is 348 g/mol. The van der Waals surface area contributed by atoms with Gasteiger partial charge in [0.15, 0.2) is 0 Å². The van der Waals surface area contributed by atoms with Crippen molar-refractivity contribution in [2.75, 3.05) is 13.7 Å². The van der Waals surface area contributed by atoms with Gasteiger partial charge in [0.05, 0.1) is 24.2 Å². The van der Waals surface area contributed by atoms with Crippen LogP contribution in [0.2, 0.25) is 0 Å². The molecular formula is C19H20N4O2S. The summed E-state index contributed by atoms with van der Waals surface area (Å²) in [6.07, 6.45) is 4.72. The number of rotatable bonds is 5. The predicted molar refractivity (Wildman–Crippen MR) is 100 cm³/mol. The van der Waals surface area contributed by atoms with E-state index in [-0.39, 0.29) is 11.9 Å². The molecule has 1 aliphatic rings. The minimum atomic E-state index is 0.118. The van der Waals surface area contributed by atoms with Gasteiger partial charge in [-0.2, -0.15) is 0 Å². The Kier molecular flexibility index (Phi) is 4.79. The summed E-state index contributed by atoms with van der Waals surface area (Å²) in [6, 6.07) is 7.80. The Balaban J connectivity index is 1.50. The molecule has 1 unspecified atom stereocenters. The number of fused-ring (bicyclic) bond motifs is 1. The van der Waals surface area contributed by atoms with Crippen LogP contribution in [0, 0.1) is 0 Å². The van der Waals surface area contributed by atoms with E-state index in [1.165, 1.54) is 0 Å². The molecule has 1 aromatic carbocycles. The van der Waals surface area contributed by atoms with Crippen molar-refractivity contribution in [3.63, 3.8) is 0 Å². The lowest BCUT2D eigenvalue weighted by atomic mass is 10.2. The molecule has 7 heteroatoms. The highest BCUT2D eigenvalue weighted by atomic mass is 32.1. The Hall–Kier alpha value is -2.54. The van der Waals surface area contributed by atoms with Gasteiger partial charge in [-0.15, -0.1) is 11.3 Å². The van der Waals surface area contributed by atoms with Gasteiger partial charge < -0.3 is 9.64 Å². The monoisotopic (exact) mass is 368 g/mol. The number of ether oxygens (including phenoxy) is 1. The van der Waals surface area contributed by atoms with Crippen LogP contribution < -0.4 is 4.74 Å². The Morgan fingerprint density at radius 1 is 1.31 bits per heavy atom. The summed E-state index contributed by atoms with van der Waals surface area (Å²) in [5.74, 6) is 0.633. The van der Waals surface area contributed by atoms with Crippen molar-refractivity contribution < 1.29 is 9.53 Å². The Morgan fingerprint density at radius 2 is 2.12 bits per heavy atom.